The molecule has 3 N–H and O–H groups in total. The summed E-state index contributed by atoms with van der Waals surface area (Å²) < 4.78 is 57.5. The molecule has 3 aromatic heterocycles. The van der Waals surface area contributed by atoms with Gasteiger partial charge in [0.05, 0.1) is 58.8 Å². The number of likely N-dealkylation sites (tertiary alicyclic amines) is 1. The highest BCUT2D eigenvalue weighted by Crippen LogP contribution is 2.38. The van der Waals surface area contributed by atoms with Gasteiger partial charge in [-0.15, -0.1) is 0 Å². The molecule has 0 spiro atoms. The lowest BCUT2D eigenvalue weighted by molar-refractivity contribution is -0.132. The third-order valence-corrected chi connectivity index (χ3v) is 11.5. The Hall–Kier alpha value is -6.56. The molecule has 7 aromatic rings. The van der Waals surface area contributed by atoms with Crippen LogP contribution in [0.4, 0.5) is 31.8 Å². The van der Waals surface area contributed by atoms with Crippen molar-refractivity contribution < 1.29 is 37.0 Å². The first kappa shape index (κ1) is 45.0. The first-order chi connectivity index (χ1) is 31.6. The van der Waals surface area contributed by atoms with Gasteiger partial charge in [0.15, 0.2) is 34.6 Å². The second-order valence-electron chi connectivity index (χ2n) is 15.3. The molecule has 0 saturated carbocycles. The Balaban J connectivity index is 0.000000184. The number of hydrogen-bond acceptors (Lipinski definition) is 14. The van der Waals surface area contributed by atoms with E-state index in [4.69, 9.17) is 46.7 Å². The van der Waals surface area contributed by atoms with Crippen molar-refractivity contribution in [1.82, 2.24) is 35.3 Å². The number of carbonyl (C=O) groups is 1. The molecule has 0 atom stereocenters. The number of rotatable bonds is 12. The molecule has 1 amide bonds. The van der Waals surface area contributed by atoms with Crippen LogP contribution in [0.1, 0.15) is 37.1 Å². The molecule has 4 aromatic carbocycles. The SMILES string of the molecule is COc1cc2ncnc(Nc3cccc(Cl)c3F)c2cc1OC1CCN(C(=O)Cc2cc(C)no2)CC1.COc1cc2ncnc(Nc3cccc(Cl)c3F)c2cc1OC1CCNCC1. The second kappa shape index (κ2) is 20.5. The van der Waals surface area contributed by atoms with Crippen molar-refractivity contribution >= 4 is 73.9 Å². The molecule has 65 heavy (non-hydrogen) atoms. The number of aryl methyl sites for hydroxylation is 1. The van der Waals surface area contributed by atoms with Crippen LogP contribution in [0.15, 0.2) is 83.9 Å². The maximum absolute atomic E-state index is 14.5. The number of nitrogens with zero attached hydrogens (tertiary/aromatic N) is 6. The Morgan fingerprint density at radius 1 is 0.738 bits per heavy atom. The number of fused-ring (bicyclic) bond motifs is 2. The fraction of sp³-hybridized carbons (Fsp3) is 0.304. The van der Waals surface area contributed by atoms with Crippen molar-refractivity contribution in [2.75, 3.05) is 51.0 Å². The van der Waals surface area contributed by atoms with E-state index in [0.717, 1.165) is 31.6 Å². The lowest BCUT2D eigenvalue weighted by Crippen LogP contribution is -2.42. The van der Waals surface area contributed by atoms with Crippen molar-refractivity contribution in [3.05, 3.63) is 113 Å². The van der Waals surface area contributed by atoms with Crippen LogP contribution < -0.4 is 34.9 Å². The lowest BCUT2D eigenvalue weighted by atomic mass is 10.1. The van der Waals surface area contributed by atoms with E-state index in [-0.39, 0.29) is 46.0 Å². The van der Waals surface area contributed by atoms with Crippen molar-refractivity contribution in [2.24, 2.45) is 0 Å². The molecule has 15 nitrogen and oxygen atoms in total. The van der Waals surface area contributed by atoms with Crippen LogP contribution in [0, 0.1) is 18.6 Å². The summed E-state index contributed by atoms with van der Waals surface area (Å²) in [6.07, 6.45) is 6.15. The summed E-state index contributed by atoms with van der Waals surface area (Å²) in [4.78, 5) is 31.7. The van der Waals surface area contributed by atoms with Crippen molar-refractivity contribution in [2.45, 2.75) is 51.2 Å². The van der Waals surface area contributed by atoms with E-state index in [1.54, 1.807) is 62.8 Å². The van der Waals surface area contributed by atoms with Crippen molar-refractivity contribution in [1.29, 1.82) is 0 Å². The van der Waals surface area contributed by atoms with Gasteiger partial charge in [0, 0.05) is 54.9 Å². The highest BCUT2D eigenvalue weighted by molar-refractivity contribution is 6.31. The van der Waals surface area contributed by atoms with E-state index in [2.05, 4.69) is 41.0 Å². The highest BCUT2D eigenvalue weighted by atomic mass is 35.5. The smallest absolute Gasteiger partial charge is 0.230 e. The van der Waals surface area contributed by atoms with E-state index >= 15 is 0 Å². The monoisotopic (exact) mass is 927 g/mol. The fourth-order valence-electron chi connectivity index (χ4n) is 7.54. The number of ether oxygens (including phenoxy) is 4. The van der Waals surface area contributed by atoms with E-state index in [1.165, 1.54) is 24.8 Å². The molecule has 2 saturated heterocycles. The van der Waals surface area contributed by atoms with Gasteiger partial charge in [-0.3, -0.25) is 4.79 Å². The van der Waals surface area contributed by atoms with Gasteiger partial charge in [0.1, 0.15) is 42.3 Å². The summed E-state index contributed by atoms with van der Waals surface area (Å²) >= 11 is 11.8. The Morgan fingerprint density at radius 2 is 1.25 bits per heavy atom. The largest absolute Gasteiger partial charge is 0.493 e. The summed E-state index contributed by atoms with van der Waals surface area (Å²) in [6.45, 7) is 4.80. The number of methoxy groups -OCH3 is 2. The zero-order valence-corrected chi connectivity index (χ0v) is 37.2. The molecule has 19 heteroatoms. The van der Waals surface area contributed by atoms with Crippen LogP contribution in [0.5, 0.6) is 23.0 Å². The Bertz CT molecular complexity index is 2810. The summed E-state index contributed by atoms with van der Waals surface area (Å²) in [5, 5.41) is 14.5. The molecule has 9 rings (SSSR count). The van der Waals surface area contributed by atoms with Crippen molar-refractivity contribution in [3.8, 4) is 23.0 Å². The summed E-state index contributed by atoms with van der Waals surface area (Å²) in [7, 11) is 3.15. The number of hydrogen-bond donors (Lipinski definition) is 3. The van der Waals surface area contributed by atoms with E-state index in [1.807, 2.05) is 17.9 Å². The molecule has 0 aliphatic carbocycles. The molecular formula is C46H45Cl2F2N9O6. The van der Waals surface area contributed by atoms with Crippen molar-refractivity contribution in [3.63, 3.8) is 0 Å². The van der Waals surface area contributed by atoms with Crippen LogP contribution in [-0.4, -0.2) is 88.5 Å². The average Bonchev–Trinajstić information content (AvgIpc) is 3.73. The van der Waals surface area contributed by atoms with Crippen LogP contribution in [-0.2, 0) is 11.2 Å². The number of benzene rings is 4. The summed E-state index contributed by atoms with van der Waals surface area (Å²) in [5.74, 6) is 2.58. The topological polar surface area (TPSA) is 171 Å². The molecule has 0 bridgehead atoms. The number of piperidine rings is 2. The van der Waals surface area contributed by atoms with Crippen LogP contribution in [0.25, 0.3) is 21.8 Å². The predicted molar refractivity (Wildman–Crippen MR) is 243 cm³/mol. The highest BCUT2D eigenvalue weighted by Gasteiger charge is 2.26. The van der Waals surface area contributed by atoms with Gasteiger partial charge in [0.2, 0.25) is 5.91 Å². The summed E-state index contributed by atoms with van der Waals surface area (Å²) in [5.41, 5.74) is 2.45. The molecule has 338 valence electrons. The first-order valence-corrected chi connectivity index (χ1v) is 21.6. The molecular weight excluding hydrogens is 883 g/mol. The third kappa shape index (κ3) is 10.7. The van der Waals surface area contributed by atoms with Gasteiger partial charge in [-0.25, -0.2) is 28.7 Å². The number of aromatic nitrogens is 5. The van der Waals surface area contributed by atoms with Crippen LogP contribution in [0.2, 0.25) is 10.0 Å². The standard InChI is InChI=1S/C26H25ClFN5O4.C20H20ClFN4O2/c1-15-10-17(37-32-15)11-24(34)33-8-6-16(7-9-33)36-23-12-18-21(13-22(23)35-2)29-14-30-26(18)31-20-5-3-4-19(27)25(20)28;1-27-17-10-16-13(9-18(17)28-12-5-7-23-8-6-12)20(25-11-24-16)26-15-4-2-3-14(21)19(15)22/h3-5,10,12-14,16H,6-9,11H2,1-2H3,(H,29,30,31);2-4,9-12,23H,5-8H2,1H3,(H,24,25,26). The number of carbonyl (C=O) groups excluding carboxylic acids is 1. The Kier molecular flexibility index (Phi) is 14.2. The molecule has 2 aliphatic heterocycles. The zero-order valence-electron chi connectivity index (χ0n) is 35.7. The van der Waals surface area contributed by atoms with Gasteiger partial charge >= 0.3 is 0 Å². The maximum atomic E-state index is 14.5. The van der Waals surface area contributed by atoms with Gasteiger partial charge in [-0.1, -0.05) is 40.5 Å². The minimum Gasteiger partial charge on any atom is -0.493 e. The van der Waals surface area contributed by atoms with E-state index in [9.17, 15) is 13.6 Å². The maximum Gasteiger partial charge on any atom is 0.230 e. The minimum atomic E-state index is -0.569. The van der Waals surface area contributed by atoms with E-state index in [0.29, 0.717) is 88.1 Å². The normalized spacial score (nSPS) is 14.4. The molecule has 0 radical (unpaired) electrons. The van der Waals surface area contributed by atoms with Gasteiger partial charge in [-0.2, -0.15) is 0 Å². The van der Waals surface area contributed by atoms with Gasteiger partial charge in [0.25, 0.3) is 0 Å². The second-order valence-corrected chi connectivity index (χ2v) is 16.1. The van der Waals surface area contributed by atoms with Gasteiger partial charge in [-0.05, 0) is 69.3 Å². The summed E-state index contributed by atoms with van der Waals surface area (Å²) in [6, 6.07) is 18.4. The molecule has 2 fully saturated rings. The number of halogens is 4. The van der Waals surface area contributed by atoms with E-state index < -0.39 is 11.6 Å². The van der Waals surface area contributed by atoms with Crippen LogP contribution in [0.3, 0.4) is 0 Å². The van der Waals surface area contributed by atoms with Gasteiger partial charge < -0.3 is 44.3 Å². The quantitative estimate of drug-likeness (QED) is 0.106. The molecule has 2 aliphatic rings. The molecule has 0 unspecified atom stereocenters. The minimum absolute atomic E-state index is 0.000928. The number of anilines is 4. The fourth-order valence-corrected chi connectivity index (χ4v) is 7.89. The number of nitrogens with one attached hydrogen (secondary N) is 3. The predicted octanol–water partition coefficient (Wildman–Crippen LogP) is 9.39. The average molecular weight is 929 g/mol. The molecule has 5 heterocycles. The third-order valence-electron chi connectivity index (χ3n) is 10.9. The zero-order chi connectivity index (χ0) is 45.5. The Labute approximate surface area is 382 Å². The lowest BCUT2D eigenvalue weighted by Gasteiger charge is -2.32. The Morgan fingerprint density at radius 3 is 1.72 bits per heavy atom. The van der Waals surface area contributed by atoms with Crippen LogP contribution >= 0.6 is 23.2 Å². The number of amides is 1. The first-order valence-electron chi connectivity index (χ1n) is 20.9.